The quantitative estimate of drug-likeness (QED) is 0.496. The van der Waals surface area contributed by atoms with E-state index in [9.17, 15) is 9.59 Å². The van der Waals surface area contributed by atoms with Gasteiger partial charge in [0.1, 0.15) is 10.6 Å². The monoisotopic (exact) mass is 427 g/mol. The predicted octanol–water partition coefficient (Wildman–Crippen LogP) is 5.26. The van der Waals surface area contributed by atoms with Crippen LogP contribution in [-0.4, -0.2) is 31.7 Å². The Labute approximate surface area is 179 Å². The summed E-state index contributed by atoms with van der Waals surface area (Å²) in [6.45, 7) is 6.74. The van der Waals surface area contributed by atoms with E-state index in [1.807, 2.05) is 39.0 Å². The molecule has 0 aliphatic rings. The van der Waals surface area contributed by atoms with Crippen LogP contribution in [0.1, 0.15) is 46.4 Å². The van der Waals surface area contributed by atoms with Crippen molar-refractivity contribution in [3.8, 4) is 5.75 Å². The van der Waals surface area contributed by atoms with E-state index in [4.69, 9.17) is 14.2 Å². The summed E-state index contributed by atoms with van der Waals surface area (Å²) < 4.78 is 17.1. The highest BCUT2D eigenvalue weighted by Gasteiger charge is 2.14. The van der Waals surface area contributed by atoms with Gasteiger partial charge in [-0.25, -0.2) is 4.79 Å². The lowest BCUT2D eigenvalue weighted by molar-refractivity contribution is 0.0605. The molecule has 0 spiro atoms. The zero-order valence-corrected chi connectivity index (χ0v) is 18.3. The van der Waals surface area contributed by atoms with Crippen LogP contribution in [0.3, 0.4) is 0 Å². The van der Waals surface area contributed by atoms with Gasteiger partial charge in [-0.1, -0.05) is 0 Å². The summed E-state index contributed by atoms with van der Waals surface area (Å²) in [5, 5.41) is 3.79. The average molecular weight is 428 g/mol. The second kappa shape index (κ2) is 9.73. The number of thiophene rings is 1. The normalized spacial score (nSPS) is 11.0. The minimum atomic E-state index is -0.368. The van der Waals surface area contributed by atoms with Crippen LogP contribution in [-0.2, 0) is 16.1 Å². The summed E-state index contributed by atoms with van der Waals surface area (Å²) >= 11 is 1.35. The number of rotatable bonds is 8. The van der Waals surface area contributed by atoms with Gasteiger partial charge in [0, 0.05) is 21.5 Å². The molecule has 1 amide bonds. The van der Waals surface area contributed by atoms with Crippen molar-refractivity contribution in [3.63, 3.8) is 0 Å². The molecule has 158 valence electrons. The zero-order chi connectivity index (χ0) is 21.7. The minimum absolute atomic E-state index is 0.0733. The molecule has 0 atom stereocenters. The molecular weight excluding hydrogens is 402 g/mol. The molecule has 0 fully saturated rings. The highest BCUT2D eigenvalue weighted by atomic mass is 32.1. The fourth-order valence-corrected chi connectivity index (χ4v) is 3.87. The third-order valence-corrected chi connectivity index (χ3v) is 5.45. The molecule has 1 heterocycles. The maximum Gasteiger partial charge on any atom is 0.348 e. The van der Waals surface area contributed by atoms with Gasteiger partial charge in [-0.15, -0.1) is 11.3 Å². The summed E-state index contributed by atoms with van der Waals surface area (Å²) in [6, 6.07) is 12.6. The van der Waals surface area contributed by atoms with Gasteiger partial charge in [0.25, 0.3) is 5.91 Å². The number of hydrogen-bond donors (Lipinski definition) is 1. The number of methoxy groups -OCH3 is 1. The Morgan fingerprint density at radius 1 is 1.10 bits per heavy atom. The highest BCUT2D eigenvalue weighted by molar-refractivity contribution is 7.20. The smallest absolute Gasteiger partial charge is 0.348 e. The van der Waals surface area contributed by atoms with Crippen molar-refractivity contribution in [1.82, 2.24) is 0 Å². The summed E-state index contributed by atoms with van der Waals surface area (Å²) in [4.78, 5) is 25.1. The SMILES string of the molecule is CCOc1ccc(C(=O)Nc2ccc3sc(C(=O)OC)cc3c2)cc1COC(C)C. The summed E-state index contributed by atoms with van der Waals surface area (Å²) in [5.74, 6) is 0.115. The van der Waals surface area contributed by atoms with E-state index >= 15 is 0 Å². The number of amides is 1. The molecule has 0 aliphatic heterocycles. The second-order valence-corrected chi connectivity index (χ2v) is 8.01. The number of benzene rings is 2. The van der Waals surface area contributed by atoms with E-state index in [1.54, 1.807) is 24.3 Å². The first-order chi connectivity index (χ1) is 14.4. The van der Waals surface area contributed by atoms with Crippen LogP contribution < -0.4 is 10.1 Å². The molecule has 1 N–H and O–H groups in total. The highest BCUT2D eigenvalue weighted by Crippen LogP contribution is 2.29. The molecule has 0 bridgehead atoms. The summed E-state index contributed by atoms with van der Waals surface area (Å²) in [5.41, 5.74) is 1.99. The maximum absolute atomic E-state index is 12.8. The lowest BCUT2D eigenvalue weighted by Crippen LogP contribution is -2.13. The molecule has 0 radical (unpaired) electrons. The third-order valence-electron chi connectivity index (χ3n) is 4.36. The van der Waals surface area contributed by atoms with Crippen LogP contribution >= 0.6 is 11.3 Å². The number of ether oxygens (including phenoxy) is 3. The Balaban J connectivity index is 1.80. The van der Waals surface area contributed by atoms with E-state index in [0.717, 1.165) is 15.6 Å². The third kappa shape index (κ3) is 5.17. The minimum Gasteiger partial charge on any atom is -0.494 e. The van der Waals surface area contributed by atoms with Gasteiger partial charge in [-0.3, -0.25) is 4.79 Å². The molecule has 3 aromatic rings. The van der Waals surface area contributed by atoms with Gasteiger partial charge < -0.3 is 19.5 Å². The van der Waals surface area contributed by atoms with E-state index in [-0.39, 0.29) is 18.0 Å². The Morgan fingerprint density at radius 3 is 2.60 bits per heavy atom. The van der Waals surface area contributed by atoms with E-state index in [0.29, 0.717) is 35.1 Å². The number of esters is 1. The van der Waals surface area contributed by atoms with Gasteiger partial charge in [0.2, 0.25) is 0 Å². The van der Waals surface area contributed by atoms with Crippen molar-refractivity contribution in [1.29, 1.82) is 0 Å². The maximum atomic E-state index is 12.8. The van der Waals surface area contributed by atoms with E-state index < -0.39 is 0 Å². The molecule has 0 unspecified atom stereocenters. The molecule has 0 saturated carbocycles. The van der Waals surface area contributed by atoms with Crippen molar-refractivity contribution in [3.05, 3.63) is 58.5 Å². The van der Waals surface area contributed by atoms with E-state index in [2.05, 4.69) is 5.32 Å². The van der Waals surface area contributed by atoms with Gasteiger partial charge >= 0.3 is 5.97 Å². The molecule has 3 rings (SSSR count). The lowest BCUT2D eigenvalue weighted by Gasteiger charge is -2.14. The van der Waals surface area contributed by atoms with E-state index in [1.165, 1.54) is 18.4 Å². The fraction of sp³-hybridized carbons (Fsp3) is 0.304. The molecule has 2 aromatic carbocycles. The second-order valence-electron chi connectivity index (χ2n) is 6.92. The fourth-order valence-electron chi connectivity index (χ4n) is 2.91. The molecule has 0 aliphatic carbocycles. The molecule has 7 heteroatoms. The lowest BCUT2D eigenvalue weighted by atomic mass is 10.1. The first-order valence-corrected chi connectivity index (χ1v) is 10.5. The van der Waals surface area contributed by atoms with Crippen molar-refractivity contribution >= 4 is 39.0 Å². The van der Waals surface area contributed by atoms with Gasteiger partial charge in [0.15, 0.2) is 0 Å². The molecular formula is C23H25NO5S. The molecule has 6 nitrogen and oxygen atoms in total. The number of nitrogens with one attached hydrogen (secondary N) is 1. The van der Waals surface area contributed by atoms with Crippen LogP contribution in [0.15, 0.2) is 42.5 Å². The Kier molecular flexibility index (Phi) is 7.07. The Bertz CT molecular complexity index is 1060. The molecule has 1 aromatic heterocycles. The first kappa shape index (κ1) is 21.8. The first-order valence-electron chi connectivity index (χ1n) is 9.71. The number of carbonyl (C=O) groups is 2. The van der Waals surface area contributed by atoms with Crippen LogP contribution in [0, 0.1) is 0 Å². The molecule has 0 saturated heterocycles. The van der Waals surface area contributed by atoms with Crippen LogP contribution in [0.5, 0.6) is 5.75 Å². The molecule has 30 heavy (non-hydrogen) atoms. The number of carbonyl (C=O) groups excluding carboxylic acids is 2. The summed E-state index contributed by atoms with van der Waals surface area (Å²) in [6.07, 6.45) is 0.0733. The number of hydrogen-bond acceptors (Lipinski definition) is 6. The Morgan fingerprint density at radius 2 is 1.90 bits per heavy atom. The van der Waals surface area contributed by atoms with Gasteiger partial charge in [-0.05, 0) is 68.6 Å². The van der Waals surface area contributed by atoms with Crippen LogP contribution in [0.25, 0.3) is 10.1 Å². The number of fused-ring (bicyclic) bond motifs is 1. The largest absolute Gasteiger partial charge is 0.494 e. The predicted molar refractivity (Wildman–Crippen MR) is 119 cm³/mol. The van der Waals surface area contributed by atoms with Crippen molar-refractivity contribution < 1.29 is 23.8 Å². The van der Waals surface area contributed by atoms with Crippen LogP contribution in [0.4, 0.5) is 5.69 Å². The van der Waals surface area contributed by atoms with Gasteiger partial charge in [-0.2, -0.15) is 0 Å². The Hall–Kier alpha value is -2.90. The average Bonchev–Trinajstić information content (AvgIpc) is 3.16. The summed E-state index contributed by atoms with van der Waals surface area (Å²) in [7, 11) is 1.36. The zero-order valence-electron chi connectivity index (χ0n) is 17.5. The van der Waals surface area contributed by atoms with Crippen molar-refractivity contribution in [2.45, 2.75) is 33.5 Å². The van der Waals surface area contributed by atoms with Gasteiger partial charge in [0.05, 0.1) is 26.4 Å². The van der Waals surface area contributed by atoms with Crippen molar-refractivity contribution in [2.24, 2.45) is 0 Å². The standard InChI is InChI=1S/C23H25NO5S/c1-5-28-19-8-6-15(10-17(19)13-29-14(2)3)22(25)24-18-7-9-20-16(11-18)12-21(30-20)23(26)27-4/h6-12,14H,5,13H2,1-4H3,(H,24,25). The van der Waals surface area contributed by atoms with Crippen LogP contribution in [0.2, 0.25) is 0 Å². The van der Waals surface area contributed by atoms with Crippen molar-refractivity contribution in [2.75, 3.05) is 19.0 Å². The topological polar surface area (TPSA) is 73.9 Å². The number of anilines is 1.